The van der Waals surface area contributed by atoms with Crippen molar-refractivity contribution in [2.75, 3.05) is 49.2 Å². The van der Waals surface area contributed by atoms with Gasteiger partial charge in [0.25, 0.3) is 0 Å². The molecule has 0 spiro atoms. The first kappa shape index (κ1) is 18.5. The fourth-order valence-corrected chi connectivity index (χ4v) is 4.59. The molecule has 2 aromatic heterocycles. The van der Waals surface area contributed by atoms with Gasteiger partial charge in [-0.1, -0.05) is 48.2 Å². The van der Waals surface area contributed by atoms with Crippen molar-refractivity contribution in [2.45, 2.75) is 18.5 Å². The lowest BCUT2D eigenvalue weighted by Gasteiger charge is -2.33. The molecule has 1 aliphatic heterocycles. The highest BCUT2D eigenvalue weighted by Gasteiger charge is 2.22. The lowest BCUT2D eigenvalue weighted by molar-refractivity contribution is 0.312. The van der Waals surface area contributed by atoms with Crippen molar-refractivity contribution in [3.05, 3.63) is 30.3 Å². The maximum Gasteiger partial charge on any atom is 0.191 e. The number of nitrogens with zero attached hydrogens (tertiary/aromatic N) is 5. The van der Waals surface area contributed by atoms with Crippen molar-refractivity contribution in [3.63, 3.8) is 0 Å². The number of thioether (sulfide) groups is 1. The summed E-state index contributed by atoms with van der Waals surface area (Å²) in [7, 11) is 2.17. The van der Waals surface area contributed by atoms with Crippen LogP contribution in [0.1, 0.15) is 13.3 Å². The van der Waals surface area contributed by atoms with E-state index in [1.165, 1.54) is 0 Å². The third kappa shape index (κ3) is 4.34. The third-order valence-corrected chi connectivity index (χ3v) is 6.40. The monoisotopic (exact) mass is 400 g/mol. The summed E-state index contributed by atoms with van der Waals surface area (Å²) in [6.45, 7) is 6.21. The van der Waals surface area contributed by atoms with Crippen LogP contribution < -0.4 is 10.2 Å². The summed E-state index contributed by atoms with van der Waals surface area (Å²) in [5.74, 6) is 2.01. The minimum absolute atomic E-state index is 0.855. The van der Waals surface area contributed by atoms with Gasteiger partial charge in [-0.3, -0.25) is 0 Å². The van der Waals surface area contributed by atoms with Gasteiger partial charge in [-0.25, -0.2) is 15.0 Å². The van der Waals surface area contributed by atoms with E-state index in [9.17, 15) is 0 Å². The molecule has 0 bridgehead atoms. The van der Waals surface area contributed by atoms with Crippen LogP contribution in [-0.2, 0) is 0 Å². The smallest absolute Gasteiger partial charge is 0.191 e. The van der Waals surface area contributed by atoms with Crippen molar-refractivity contribution in [2.24, 2.45) is 0 Å². The normalized spacial score (nSPS) is 15.4. The number of fused-ring (bicyclic) bond motifs is 1. The molecule has 4 rings (SSSR count). The summed E-state index contributed by atoms with van der Waals surface area (Å²) in [5.41, 5.74) is 1.94. The highest BCUT2D eigenvalue weighted by molar-refractivity contribution is 7.99. The summed E-state index contributed by atoms with van der Waals surface area (Å²) in [5, 5.41) is 5.11. The fourth-order valence-electron chi connectivity index (χ4n) is 2.98. The zero-order valence-corrected chi connectivity index (χ0v) is 17.3. The molecule has 1 aliphatic rings. The summed E-state index contributed by atoms with van der Waals surface area (Å²) >= 11 is 3.32. The van der Waals surface area contributed by atoms with E-state index in [0.717, 1.165) is 70.5 Å². The number of rotatable bonds is 6. The van der Waals surface area contributed by atoms with E-state index in [1.807, 2.05) is 30.3 Å². The Labute approximate surface area is 168 Å². The predicted molar refractivity (Wildman–Crippen MR) is 116 cm³/mol. The number of hydrogen-bond acceptors (Lipinski definition) is 8. The molecule has 1 aromatic carbocycles. The highest BCUT2D eigenvalue weighted by atomic mass is 32.2. The van der Waals surface area contributed by atoms with Crippen LogP contribution in [0.3, 0.4) is 0 Å². The topological polar surface area (TPSA) is 57.2 Å². The van der Waals surface area contributed by atoms with E-state index in [1.54, 1.807) is 23.1 Å². The van der Waals surface area contributed by atoms with Crippen molar-refractivity contribution < 1.29 is 0 Å². The molecule has 6 nitrogen and oxygen atoms in total. The Morgan fingerprint density at radius 1 is 1.07 bits per heavy atom. The van der Waals surface area contributed by atoms with Crippen LogP contribution in [0.2, 0.25) is 0 Å². The molecule has 142 valence electrons. The van der Waals surface area contributed by atoms with Crippen molar-refractivity contribution in [1.29, 1.82) is 0 Å². The molecule has 3 aromatic rings. The highest BCUT2D eigenvalue weighted by Crippen LogP contribution is 2.34. The molecule has 0 aliphatic carbocycles. The van der Waals surface area contributed by atoms with Gasteiger partial charge < -0.3 is 15.1 Å². The summed E-state index contributed by atoms with van der Waals surface area (Å²) in [6, 6.07) is 10.1. The van der Waals surface area contributed by atoms with Gasteiger partial charge in [-0.05, 0) is 25.6 Å². The predicted octanol–water partition coefficient (Wildman–Crippen LogP) is 4.08. The van der Waals surface area contributed by atoms with Crippen LogP contribution in [0.15, 0.2) is 35.5 Å². The summed E-state index contributed by atoms with van der Waals surface area (Å²) in [4.78, 5) is 20.2. The van der Waals surface area contributed by atoms with Gasteiger partial charge in [0.15, 0.2) is 20.9 Å². The molecule has 8 heteroatoms. The minimum Gasteiger partial charge on any atom is -0.352 e. The molecule has 0 saturated carbocycles. The molecular formula is C19H24N6S2. The number of anilines is 3. The van der Waals surface area contributed by atoms with Gasteiger partial charge >= 0.3 is 0 Å². The van der Waals surface area contributed by atoms with Crippen LogP contribution in [-0.4, -0.2) is 58.8 Å². The molecule has 0 atom stereocenters. The number of para-hydroxylation sites is 1. The molecule has 0 unspecified atom stereocenters. The third-order valence-electron chi connectivity index (χ3n) is 4.48. The van der Waals surface area contributed by atoms with Crippen LogP contribution in [0.5, 0.6) is 0 Å². The van der Waals surface area contributed by atoms with Gasteiger partial charge in [0, 0.05) is 37.6 Å². The summed E-state index contributed by atoms with van der Waals surface area (Å²) in [6.07, 6.45) is 1.11. The second kappa shape index (κ2) is 8.41. The van der Waals surface area contributed by atoms with Crippen molar-refractivity contribution >= 4 is 50.1 Å². The molecule has 1 saturated heterocycles. The first-order chi connectivity index (χ1) is 13.2. The molecule has 1 N–H and O–H groups in total. The summed E-state index contributed by atoms with van der Waals surface area (Å²) < 4.78 is 0. The average molecular weight is 401 g/mol. The fraction of sp³-hybridized carbons (Fsp3) is 0.421. The second-order valence-electron chi connectivity index (χ2n) is 6.63. The number of likely N-dealkylation sites (N-methyl/N-ethyl adjacent to an activating group) is 1. The zero-order chi connectivity index (χ0) is 18.6. The van der Waals surface area contributed by atoms with E-state index >= 15 is 0 Å². The van der Waals surface area contributed by atoms with Crippen LogP contribution in [0.25, 0.3) is 10.3 Å². The van der Waals surface area contributed by atoms with E-state index < -0.39 is 0 Å². The number of nitrogens with one attached hydrogen (secondary N) is 1. The van der Waals surface area contributed by atoms with Gasteiger partial charge in [0.1, 0.15) is 5.52 Å². The Morgan fingerprint density at radius 3 is 2.59 bits per heavy atom. The van der Waals surface area contributed by atoms with E-state index in [2.05, 4.69) is 29.1 Å². The zero-order valence-electron chi connectivity index (χ0n) is 15.7. The standard InChI is InChI=1S/C19H24N6S2/c1-3-13-26-18-22-16(25-11-9-24(2)10-12-25)15-17(23-18)27-19(21-15)20-14-7-5-4-6-8-14/h4-8H,3,9-13H2,1-2H3,(H,20,21). The number of benzene rings is 1. The van der Waals surface area contributed by atoms with Crippen LogP contribution >= 0.6 is 23.1 Å². The minimum atomic E-state index is 0.855. The van der Waals surface area contributed by atoms with Gasteiger partial charge in [-0.15, -0.1) is 0 Å². The average Bonchev–Trinajstić information content (AvgIpc) is 3.09. The van der Waals surface area contributed by atoms with Gasteiger partial charge in [0.2, 0.25) is 0 Å². The Morgan fingerprint density at radius 2 is 1.85 bits per heavy atom. The quantitative estimate of drug-likeness (QED) is 0.494. The van der Waals surface area contributed by atoms with E-state index in [-0.39, 0.29) is 0 Å². The molecular weight excluding hydrogens is 376 g/mol. The first-order valence-electron chi connectivity index (χ1n) is 9.30. The van der Waals surface area contributed by atoms with Crippen molar-refractivity contribution in [1.82, 2.24) is 19.9 Å². The number of aromatic nitrogens is 3. The molecule has 0 radical (unpaired) electrons. The van der Waals surface area contributed by atoms with Crippen molar-refractivity contribution in [3.8, 4) is 0 Å². The Hall–Kier alpha value is -1.90. The van der Waals surface area contributed by atoms with Gasteiger partial charge in [0.05, 0.1) is 0 Å². The van der Waals surface area contributed by atoms with E-state index in [4.69, 9.17) is 15.0 Å². The maximum absolute atomic E-state index is 4.88. The maximum atomic E-state index is 4.88. The van der Waals surface area contributed by atoms with Gasteiger partial charge in [-0.2, -0.15) is 0 Å². The SMILES string of the molecule is CCCSc1nc(N2CCN(C)CC2)c2nc(Nc3ccccc3)sc2n1. The number of thiazole rings is 1. The largest absolute Gasteiger partial charge is 0.352 e. The lowest BCUT2D eigenvalue weighted by Crippen LogP contribution is -2.45. The Kier molecular flexibility index (Phi) is 5.75. The number of hydrogen-bond donors (Lipinski definition) is 1. The van der Waals surface area contributed by atoms with Crippen LogP contribution in [0, 0.1) is 0 Å². The van der Waals surface area contributed by atoms with E-state index in [0.29, 0.717) is 0 Å². The van der Waals surface area contributed by atoms with Crippen LogP contribution in [0.4, 0.5) is 16.6 Å². The lowest BCUT2D eigenvalue weighted by atomic mass is 10.3. The molecule has 1 fully saturated rings. The number of piperazine rings is 1. The molecule has 0 amide bonds. The second-order valence-corrected chi connectivity index (χ2v) is 8.67. The first-order valence-corrected chi connectivity index (χ1v) is 11.1. The molecule has 3 heterocycles. The molecule has 27 heavy (non-hydrogen) atoms. The Bertz CT molecular complexity index is 890. The Balaban J connectivity index is 1.69.